The summed E-state index contributed by atoms with van der Waals surface area (Å²) in [6.45, 7) is 3.46. The maximum atomic E-state index is 12.5. The molecule has 7 heteroatoms. The number of likely N-dealkylation sites (tertiary alicyclic amines) is 1. The van der Waals surface area contributed by atoms with E-state index in [1.807, 2.05) is 35.4 Å². The summed E-state index contributed by atoms with van der Waals surface area (Å²) < 4.78 is 5.38. The van der Waals surface area contributed by atoms with Crippen molar-refractivity contribution >= 4 is 17.2 Å². The first-order chi connectivity index (χ1) is 12.2. The quantitative estimate of drug-likeness (QED) is 0.719. The largest absolute Gasteiger partial charge is 0.339 e. The minimum Gasteiger partial charge on any atom is -0.339 e. The number of amides is 1. The number of piperidine rings is 1. The highest BCUT2D eigenvalue weighted by molar-refractivity contribution is 7.10. The molecule has 0 saturated carbocycles. The van der Waals surface area contributed by atoms with Crippen molar-refractivity contribution in [2.75, 3.05) is 13.1 Å². The number of thiophene rings is 1. The molecule has 0 spiro atoms. The summed E-state index contributed by atoms with van der Waals surface area (Å²) in [7, 11) is 0. The minimum atomic E-state index is 0.119. The summed E-state index contributed by atoms with van der Waals surface area (Å²) in [5, 5.41) is 6.07. The molecule has 0 radical (unpaired) electrons. The predicted molar refractivity (Wildman–Crippen MR) is 94.5 cm³/mol. The molecule has 0 bridgehead atoms. The van der Waals surface area contributed by atoms with Crippen molar-refractivity contribution in [1.29, 1.82) is 0 Å². The summed E-state index contributed by atoms with van der Waals surface area (Å²) >= 11 is 1.61. The van der Waals surface area contributed by atoms with E-state index in [-0.39, 0.29) is 11.8 Å². The molecule has 6 nitrogen and oxygen atoms in total. The second-order valence-electron chi connectivity index (χ2n) is 6.21. The van der Waals surface area contributed by atoms with Gasteiger partial charge in [0.25, 0.3) is 11.8 Å². The molecule has 1 fully saturated rings. The van der Waals surface area contributed by atoms with Crippen molar-refractivity contribution in [3.63, 3.8) is 0 Å². The highest BCUT2D eigenvalue weighted by Gasteiger charge is 2.28. The molecule has 4 heterocycles. The van der Waals surface area contributed by atoms with Crippen LogP contribution in [-0.2, 0) is 0 Å². The van der Waals surface area contributed by atoms with Crippen LogP contribution in [0.1, 0.15) is 39.8 Å². The lowest BCUT2D eigenvalue weighted by molar-refractivity contribution is 0.0711. The third kappa shape index (κ3) is 3.32. The van der Waals surface area contributed by atoms with Crippen molar-refractivity contribution in [1.82, 2.24) is 20.0 Å². The Hall–Kier alpha value is -2.54. The summed E-state index contributed by atoms with van der Waals surface area (Å²) in [6, 6.07) is 5.65. The fourth-order valence-electron chi connectivity index (χ4n) is 3.09. The number of nitrogens with zero attached hydrogens (tertiary/aromatic N) is 4. The molecule has 0 unspecified atom stereocenters. The van der Waals surface area contributed by atoms with Crippen LogP contribution in [0.15, 0.2) is 40.5 Å². The van der Waals surface area contributed by atoms with Crippen molar-refractivity contribution in [2.45, 2.75) is 25.7 Å². The first-order valence-corrected chi connectivity index (χ1v) is 9.17. The van der Waals surface area contributed by atoms with E-state index in [0.29, 0.717) is 5.89 Å². The van der Waals surface area contributed by atoms with Gasteiger partial charge >= 0.3 is 0 Å². The van der Waals surface area contributed by atoms with Crippen LogP contribution < -0.4 is 0 Å². The molecule has 1 aliphatic rings. The molecule has 1 aliphatic heterocycles. The number of carbonyl (C=O) groups is 1. The monoisotopic (exact) mass is 354 g/mol. The molecule has 1 amide bonds. The lowest BCUT2D eigenvalue weighted by Gasteiger charge is -2.30. The highest BCUT2D eigenvalue weighted by Crippen LogP contribution is 2.29. The zero-order valence-corrected chi connectivity index (χ0v) is 14.7. The molecule has 25 heavy (non-hydrogen) atoms. The van der Waals surface area contributed by atoms with Crippen LogP contribution in [0.4, 0.5) is 0 Å². The Morgan fingerprint density at radius 3 is 2.72 bits per heavy atom. The van der Waals surface area contributed by atoms with Crippen LogP contribution >= 0.6 is 11.3 Å². The van der Waals surface area contributed by atoms with E-state index in [1.54, 1.807) is 23.7 Å². The molecule has 4 rings (SSSR count). The number of hydrogen-bond acceptors (Lipinski definition) is 6. The van der Waals surface area contributed by atoms with Gasteiger partial charge in [-0.15, -0.1) is 11.3 Å². The molecule has 128 valence electrons. The molecule has 3 aromatic heterocycles. The Balaban J connectivity index is 1.41. The van der Waals surface area contributed by atoms with Crippen molar-refractivity contribution in [3.05, 3.63) is 52.2 Å². The summed E-state index contributed by atoms with van der Waals surface area (Å²) in [5.41, 5.74) is 1.66. The third-order valence-electron chi connectivity index (χ3n) is 4.49. The smallest absolute Gasteiger partial charge is 0.258 e. The Labute approximate surface area is 149 Å². The van der Waals surface area contributed by atoms with E-state index in [9.17, 15) is 4.79 Å². The number of carbonyl (C=O) groups excluding carboxylic acids is 1. The predicted octanol–water partition coefficient (Wildman–Crippen LogP) is 3.52. The van der Waals surface area contributed by atoms with E-state index >= 15 is 0 Å². The van der Waals surface area contributed by atoms with Gasteiger partial charge in [-0.3, -0.25) is 9.78 Å². The Kier molecular flexibility index (Phi) is 4.31. The Bertz CT molecular complexity index is 866. The molecule has 3 aromatic rings. The van der Waals surface area contributed by atoms with Gasteiger partial charge < -0.3 is 9.42 Å². The lowest BCUT2D eigenvalue weighted by Crippen LogP contribution is -2.37. The van der Waals surface area contributed by atoms with Gasteiger partial charge in [-0.2, -0.15) is 4.98 Å². The number of rotatable bonds is 3. The summed E-state index contributed by atoms with van der Waals surface area (Å²) in [5.74, 6) is 1.59. The molecule has 0 aromatic carbocycles. The van der Waals surface area contributed by atoms with Gasteiger partial charge in [0.1, 0.15) is 0 Å². The highest BCUT2D eigenvalue weighted by atomic mass is 32.1. The zero-order valence-electron chi connectivity index (χ0n) is 13.9. The Morgan fingerprint density at radius 2 is 2.04 bits per heavy atom. The first kappa shape index (κ1) is 16.0. The topological polar surface area (TPSA) is 72.1 Å². The molecule has 0 N–H and O–H groups in total. The van der Waals surface area contributed by atoms with Crippen LogP contribution in [0.5, 0.6) is 0 Å². The second-order valence-corrected chi connectivity index (χ2v) is 7.32. The fourth-order valence-corrected chi connectivity index (χ4v) is 3.77. The number of hydrogen-bond donors (Lipinski definition) is 0. The molecular weight excluding hydrogens is 336 g/mol. The zero-order chi connectivity index (χ0) is 17.2. The minimum absolute atomic E-state index is 0.119. The maximum absolute atomic E-state index is 12.5. The second kappa shape index (κ2) is 6.76. The van der Waals surface area contributed by atoms with Gasteiger partial charge in [0.2, 0.25) is 0 Å². The van der Waals surface area contributed by atoms with E-state index in [1.165, 1.54) is 0 Å². The standard InChI is InChI=1S/C18H18N4O2S/c1-12-10-15(11-25-12)18(23)22-8-4-13(5-9-22)16-20-17(24-21-16)14-2-6-19-7-3-14/h2-3,6-7,10-11,13H,4-5,8-9H2,1H3. The number of aryl methyl sites for hydroxylation is 1. The fraction of sp³-hybridized carbons (Fsp3) is 0.333. The van der Waals surface area contributed by atoms with Crippen LogP contribution in [0.25, 0.3) is 11.5 Å². The van der Waals surface area contributed by atoms with Crippen LogP contribution in [-0.4, -0.2) is 39.0 Å². The lowest BCUT2D eigenvalue weighted by atomic mass is 9.96. The Morgan fingerprint density at radius 1 is 1.28 bits per heavy atom. The first-order valence-electron chi connectivity index (χ1n) is 8.29. The third-order valence-corrected chi connectivity index (χ3v) is 5.36. The SMILES string of the molecule is Cc1cc(C(=O)N2CCC(c3noc(-c4ccncc4)n3)CC2)cs1. The normalized spacial score (nSPS) is 15.5. The summed E-state index contributed by atoms with van der Waals surface area (Å²) in [4.78, 5) is 24.1. The molecular formula is C18H18N4O2S. The van der Waals surface area contributed by atoms with Gasteiger partial charge in [0.15, 0.2) is 5.82 Å². The average Bonchev–Trinajstić information content (AvgIpc) is 3.31. The van der Waals surface area contributed by atoms with Crippen LogP contribution in [0.3, 0.4) is 0 Å². The maximum Gasteiger partial charge on any atom is 0.258 e. The van der Waals surface area contributed by atoms with Gasteiger partial charge in [0.05, 0.1) is 5.56 Å². The number of aromatic nitrogens is 3. The van der Waals surface area contributed by atoms with E-state index in [2.05, 4.69) is 15.1 Å². The molecule has 1 saturated heterocycles. The van der Waals surface area contributed by atoms with Gasteiger partial charge in [-0.05, 0) is 38.0 Å². The van der Waals surface area contributed by atoms with E-state index in [0.717, 1.165) is 47.8 Å². The van der Waals surface area contributed by atoms with E-state index in [4.69, 9.17) is 4.52 Å². The number of pyridine rings is 1. The van der Waals surface area contributed by atoms with Crippen molar-refractivity contribution in [3.8, 4) is 11.5 Å². The van der Waals surface area contributed by atoms with E-state index < -0.39 is 0 Å². The van der Waals surface area contributed by atoms with Crippen molar-refractivity contribution < 1.29 is 9.32 Å². The average molecular weight is 354 g/mol. The van der Waals surface area contributed by atoms with Crippen LogP contribution in [0.2, 0.25) is 0 Å². The van der Waals surface area contributed by atoms with Gasteiger partial charge in [-0.25, -0.2) is 0 Å². The summed E-state index contributed by atoms with van der Waals surface area (Å²) in [6.07, 6.45) is 5.11. The molecule has 0 atom stereocenters. The van der Waals surface area contributed by atoms with Gasteiger partial charge in [-0.1, -0.05) is 5.16 Å². The molecule has 0 aliphatic carbocycles. The van der Waals surface area contributed by atoms with Crippen LogP contribution in [0, 0.1) is 6.92 Å². The van der Waals surface area contributed by atoms with Crippen molar-refractivity contribution in [2.24, 2.45) is 0 Å². The van der Waals surface area contributed by atoms with Gasteiger partial charge in [0, 0.05) is 47.2 Å².